The van der Waals surface area contributed by atoms with Gasteiger partial charge in [0.15, 0.2) is 0 Å². The average Bonchev–Trinajstić information content (AvgIpc) is 2.03. The van der Waals surface area contributed by atoms with Crippen molar-refractivity contribution in [3.05, 3.63) is 0 Å². The number of hydrogen-bond acceptors (Lipinski definition) is 2. The van der Waals surface area contributed by atoms with Crippen LogP contribution in [0.1, 0.15) is 6.42 Å². The summed E-state index contributed by atoms with van der Waals surface area (Å²) in [5, 5.41) is 0. The fourth-order valence-corrected chi connectivity index (χ4v) is 1.97. The summed E-state index contributed by atoms with van der Waals surface area (Å²) in [5.41, 5.74) is 0. The monoisotopic (exact) mass is 204 g/mol. The summed E-state index contributed by atoms with van der Waals surface area (Å²) >= 11 is 0. The van der Waals surface area contributed by atoms with E-state index < -0.39 is 0 Å². The molecule has 0 fully saturated rings. The van der Waals surface area contributed by atoms with Gasteiger partial charge in [0.2, 0.25) is 0 Å². The molecule has 78 valence electrons. The molecule has 0 aliphatic heterocycles. The minimum atomic E-state index is 0.00692. The van der Waals surface area contributed by atoms with E-state index in [1.165, 1.54) is 19.0 Å². The molecule has 0 N–H and O–H groups in total. The lowest BCUT2D eigenvalue weighted by Gasteiger charge is -2.23. The standard InChI is InChI=1S/C9H22NO2Si/c1-10(2,3)7-6-8-13-9(11-4)12-5/h9H,6-8H2,1-5H3/q+1. The molecule has 0 aliphatic carbocycles. The first-order valence-corrected chi connectivity index (χ1v) is 5.87. The van der Waals surface area contributed by atoms with Crippen molar-refractivity contribution < 1.29 is 14.0 Å². The van der Waals surface area contributed by atoms with E-state index in [0.717, 1.165) is 14.0 Å². The van der Waals surface area contributed by atoms with E-state index in [-0.39, 0.29) is 5.91 Å². The summed E-state index contributed by atoms with van der Waals surface area (Å²) in [5.74, 6) is 0.00692. The molecular weight excluding hydrogens is 182 g/mol. The number of methoxy groups -OCH3 is 2. The maximum atomic E-state index is 5.12. The summed E-state index contributed by atoms with van der Waals surface area (Å²) in [4.78, 5) is 0. The van der Waals surface area contributed by atoms with Crippen molar-refractivity contribution in [2.45, 2.75) is 18.4 Å². The Morgan fingerprint density at radius 3 is 2.08 bits per heavy atom. The molecule has 0 spiro atoms. The predicted octanol–water partition coefficient (Wildman–Crippen LogP) is 0.782. The molecule has 0 heterocycles. The van der Waals surface area contributed by atoms with Crippen molar-refractivity contribution in [3.8, 4) is 0 Å². The van der Waals surface area contributed by atoms with Crippen molar-refractivity contribution in [1.29, 1.82) is 0 Å². The van der Waals surface area contributed by atoms with Gasteiger partial charge >= 0.3 is 0 Å². The number of quaternary nitrogens is 1. The number of hydrogen-bond donors (Lipinski definition) is 0. The molecule has 0 aromatic heterocycles. The van der Waals surface area contributed by atoms with Gasteiger partial charge in [-0.1, -0.05) is 6.04 Å². The van der Waals surface area contributed by atoms with Crippen molar-refractivity contribution in [1.82, 2.24) is 0 Å². The lowest BCUT2D eigenvalue weighted by molar-refractivity contribution is -0.870. The Hall–Kier alpha value is 0.0969. The average molecular weight is 204 g/mol. The van der Waals surface area contributed by atoms with Gasteiger partial charge in [0.1, 0.15) is 15.4 Å². The van der Waals surface area contributed by atoms with Crippen LogP contribution in [0, 0.1) is 0 Å². The molecule has 0 aromatic rings. The second-order valence-electron chi connectivity index (χ2n) is 4.12. The third-order valence-corrected chi connectivity index (χ3v) is 3.19. The molecular formula is C9H22NO2Si+. The van der Waals surface area contributed by atoms with Gasteiger partial charge in [-0.2, -0.15) is 0 Å². The van der Waals surface area contributed by atoms with Gasteiger partial charge in [0.25, 0.3) is 0 Å². The topological polar surface area (TPSA) is 18.5 Å². The van der Waals surface area contributed by atoms with Crippen molar-refractivity contribution in [2.24, 2.45) is 0 Å². The van der Waals surface area contributed by atoms with Crippen LogP contribution in [-0.4, -0.2) is 61.8 Å². The van der Waals surface area contributed by atoms with Gasteiger partial charge in [-0.05, 0) is 6.42 Å². The first kappa shape index (κ1) is 13.1. The molecule has 0 aromatic carbocycles. The zero-order chi connectivity index (χ0) is 10.3. The first-order valence-electron chi connectivity index (χ1n) is 4.59. The SMILES string of the molecule is COC(OC)[Si]CCC[N+](C)(C)C. The van der Waals surface area contributed by atoms with Gasteiger partial charge in [-0.3, -0.25) is 0 Å². The highest BCUT2D eigenvalue weighted by Gasteiger charge is 2.09. The lowest BCUT2D eigenvalue weighted by atomic mass is 10.4. The van der Waals surface area contributed by atoms with Crippen LogP contribution in [0.25, 0.3) is 0 Å². The molecule has 0 bridgehead atoms. The molecule has 0 rings (SSSR count). The van der Waals surface area contributed by atoms with E-state index in [1.54, 1.807) is 14.2 Å². The Balaban J connectivity index is 3.34. The molecule has 0 aliphatic rings. The molecule has 0 saturated heterocycles. The largest absolute Gasteiger partial charge is 0.360 e. The van der Waals surface area contributed by atoms with Crippen LogP contribution >= 0.6 is 0 Å². The second kappa shape index (κ2) is 6.54. The van der Waals surface area contributed by atoms with Crippen molar-refractivity contribution in [2.75, 3.05) is 41.9 Å². The highest BCUT2D eigenvalue weighted by Crippen LogP contribution is 2.00. The molecule has 0 amide bonds. The van der Waals surface area contributed by atoms with Gasteiger partial charge in [0.05, 0.1) is 27.7 Å². The summed E-state index contributed by atoms with van der Waals surface area (Å²) < 4.78 is 11.3. The van der Waals surface area contributed by atoms with Crippen LogP contribution in [0.5, 0.6) is 0 Å². The number of nitrogens with zero attached hydrogens (tertiary/aromatic N) is 1. The van der Waals surface area contributed by atoms with E-state index in [1.807, 2.05) is 0 Å². The molecule has 3 nitrogen and oxygen atoms in total. The zero-order valence-corrected chi connectivity index (χ0v) is 10.5. The fourth-order valence-electron chi connectivity index (χ4n) is 1.04. The Bertz CT molecular complexity index is 121. The first-order chi connectivity index (χ1) is 5.99. The highest BCUT2D eigenvalue weighted by molar-refractivity contribution is 6.36. The highest BCUT2D eigenvalue weighted by atomic mass is 28.2. The Morgan fingerprint density at radius 2 is 1.69 bits per heavy atom. The fraction of sp³-hybridized carbons (Fsp3) is 1.00. The number of ether oxygens (including phenoxy) is 2. The molecule has 0 saturated carbocycles. The van der Waals surface area contributed by atoms with E-state index in [9.17, 15) is 0 Å². The zero-order valence-electron chi connectivity index (χ0n) is 9.46. The number of rotatable bonds is 7. The second-order valence-corrected chi connectivity index (χ2v) is 5.50. The van der Waals surface area contributed by atoms with Crippen molar-refractivity contribution in [3.63, 3.8) is 0 Å². The van der Waals surface area contributed by atoms with E-state index in [4.69, 9.17) is 9.47 Å². The molecule has 2 radical (unpaired) electrons. The van der Waals surface area contributed by atoms with E-state index in [0.29, 0.717) is 0 Å². The molecule has 4 heteroatoms. The van der Waals surface area contributed by atoms with Gasteiger partial charge in [-0.25, -0.2) is 0 Å². The van der Waals surface area contributed by atoms with E-state index >= 15 is 0 Å². The Morgan fingerprint density at radius 1 is 1.15 bits per heavy atom. The van der Waals surface area contributed by atoms with Crippen LogP contribution in [0.15, 0.2) is 0 Å². The van der Waals surface area contributed by atoms with Crippen LogP contribution in [-0.2, 0) is 9.47 Å². The van der Waals surface area contributed by atoms with Crippen LogP contribution < -0.4 is 0 Å². The summed E-state index contributed by atoms with van der Waals surface area (Å²) in [6, 6.07) is 1.20. The third kappa shape index (κ3) is 8.43. The Kier molecular flexibility index (Phi) is 6.58. The van der Waals surface area contributed by atoms with Crippen LogP contribution in [0.3, 0.4) is 0 Å². The van der Waals surface area contributed by atoms with Crippen molar-refractivity contribution >= 4 is 9.52 Å². The normalized spacial score (nSPS) is 12.5. The summed E-state index contributed by atoms with van der Waals surface area (Å²) in [6.45, 7) is 1.22. The van der Waals surface area contributed by atoms with Gasteiger partial charge in [0, 0.05) is 14.2 Å². The van der Waals surface area contributed by atoms with Gasteiger partial charge < -0.3 is 14.0 Å². The van der Waals surface area contributed by atoms with Crippen LogP contribution in [0.2, 0.25) is 6.04 Å². The van der Waals surface area contributed by atoms with Gasteiger partial charge in [-0.15, -0.1) is 0 Å². The Labute approximate surface area is 84.4 Å². The minimum Gasteiger partial charge on any atom is -0.360 e. The smallest absolute Gasteiger partial charge is 0.136 e. The van der Waals surface area contributed by atoms with Crippen LogP contribution in [0.4, 0.5) is 0 Å². The lowest BCUT2D eigenvalue weighted by Crippen LogP contribution is -2.35. The predicted molar refractivity (Wildman–Crippen MR) is 55.9 cm³/mol. The third-order valence-electron chi connectivity index (χ3n) is 1.74. The summed E-state index contributed by atoms with van der Waals surface area (Å²) in [6.07, 6.45) is 1.24. The molecule has 0 atom stereocenters. The maximum absolute atomic E-state index is 5.12. The maximum Gasteiger partial charge on any atom is 0.136 e. The summed E-state index contributed by atoms with van der Waals surface area (Å²) in [7, 11) is 10.8. The minimum absolute atomic E-state index is 0.00692. The molecule has 0 unspecified atom stereocenters. The quantitative estimate of drug-likeness (QED) is 0.264. The molecule has 13 heavy (non-hydrogen) atoms. The van der Waals surface area contributed by atoms with E-state index in [2.05, 4.69) is 21.1 Å².